The number of anilines is 1. The molecule has 1 atom stereocenters. The van der Waals surface area contributed by atoms with Crippen molar-refractivity contribution in [2.45, 2.75) is 46.8 Å². The van der Waals surface area contributed by atoms with E-state index in [2.05, 4.69) is 66.0 Å². The van der Waals surface area contributed by atoms with Gasteiger partial charge in [-0.15, -0.1) is 0 Å². The van der Waals surface area contributed by atoms with Crippen molar-refractivity contribution in [3.8, 4) is 0 Å². The second-order valence-corrected chi connectivity index (χ2v) is 6.30. The molecule has 0 radical (unpaired) electrons. The molecule has 0 aromatic carbocycles. The quantitative estimate of drug-likeness (QED) is 0.884. The van der Waals surface area contributed by atoms with Crippen molar-refractivity contribution in [2.24, 2.45) is 7.05 Å². The summed E-state index contributed by atoms with van der Waals surface area (Å²) >= 11 is 0. The van der Waals surface area contributed by atoms with Gasteiger partial charge in [0.15, 0.2) is 0 Å². The highest BCUT2D eigenvalue weighted by Gasteiger charge is 2.16. The Kier molecular flexibility index (Phi) is 4.90. The molecule has 0 aliphatic carbocycles. The van der Waals surface area contributed by atoms with Crippen molar-refractivity contribution in [1.82, 2.24) is 24.9 Å². The van der Waals surface area contributed by atoms with Crippen LogP contribution in [-0.2, 0) is 20.1 Å². The maximum Gasteiger partial charge on any atom is 0.130 e. The zero-order valence-corrected chi connectivity index (χ0v) is 14.8. The molecule has 1 N–H and O–H groups in total. The van der Waals surface area contributed by atoms with Crippen LogP contribution in [0, 0.1) is 20.8 Å². The molecule has 0 spiro atoms. The summed E-state index contributed by atoms with van der Waals surface area (Å²) in [5, 5.41) is 12.6. The van der Waals surface area contributed by atoms with E-state index in [9.17, 15) is 0 Å². The summed E-state index contributed by atoms with van der Waals surface area (Å²) in [4.78, 5) is 2.11. The molecule has 0 saturated carbocycles. The van der Waals surface area contributed by atoms with E-state index in [0.717, 1.165) is 30.3 Å². The van der Waals surface area contributed by atoms with Crippen LogP contribution in [0.25, 0.3) is 0 Å². The first-order chi connectivity index (χ1) is 10.3. The van der Waals surface area contributed by atoms with Crippen LogP contribution in [0.15, 0.2) is 6.07 Å². The number of nitrogens with zero attached hydrogens (tertiary/aromatic N) is 5. The zero-order valence-electron chi connectivity index (χ0n) is 14.8. The lowest BCUT2D eigenvalue weighted by Gasteiger charge is -2.18. The Hall–Kier alpha value is -1.82. The van der Waals surface area contributed by atoms with E-state index in [4.69, 9.17) is 0 Å². The minimum absolute atomic E-state index is 0.340. The SMILES string of the molecule is Cc1cc(C)n(C[C@H](C)NCc2c(C)nn(C)c2N(C)C)n1. The molecule has 22 heavy (non-hydrogen) atoms. The highest BCUT2D eigenvalue weighted by molar-refractivity contribution is 5.48. The number of hydrogen-bond donors (Lipinski definition) is 1. The second kappa shape index (κ2) is 6.52. The number of rotatable bonds is 6. The molecule has 0 amide bonds. The maximum absolute atomic E-state index is 4.53. The van der Waals surface area contributed by atoms with Gasteiger partial charge in [0.1, 0.15) is 5.82 Å². The Bertz CT molecular complexity index is 637. The Labute approximate surface area is 133 Å². The summed E-state index contributed by atoms with van der Waals surface area (Å²) in [6.45, 7) is 10.1. The molecule has 6 nitrogen and oxygen atoms in total. The fraction of sp³-hybridized carbons (Fsp3) is 0.625. The average Bonchev–Trinajstić information content (AvgIpc) is 2.86. The van der Waals surface area contributed by atoms with Crippen LogP contribution in [0.5, 0.6) is 0 Å². The molecule has 0 unspecified atom stereocenters. The van der Waals surface area contributed by atoms with Gasteiger partial charge < -0.3 is 10.2 Å². The van der Waals surface area contributed by atoms with Crippen molar-refractivity contribution in [3.05, 3.63) is 28.7 Å². The van der Waals surface area contributed by atoms with Crippen molar-refractivity contribution < 1.29 is 0 Å². The molecule has 2 rings (SSSR count). The van der Waals surface area contributed by atoms with Crippen LogP contribution in [0.1, 0.15) is 29.6 Å². The monoisotopic (exact) mass is 304 g/mol. The van der Waals surface area contributed by atoms with Crippen LogP contribution in [0.2, 0.25) is 0 Å². The molecule has 0 aliphatic heterocycles. The third-order valence-corrected chi connectivity index (χ3v) is 3.91. The molecular formula is C16H28N6. The van der Waals surface area contributed by atoms with Gasteiger partial charge in [-0.3, -0.25) is 9.36 Å². The molecule has 6 heteroatoms. The fourth-order valence-corrected chi connectivity index (χ4v) is 2.92. The Morgan fingerprint density at radius 2 is 1.91 bits per heavy atom. The van der Waals surface area contributed by atoms with Crippen molar-refractivity contribution in [2.75, 3.05) is 19.0 Å². The van der Waals surface area contributed by atoms with E-state index in [1.54, 1.807) is 0 Å². The van der Waals surface area contributed by atoms with Crippen LogP contribution in [-0.4, -0.2) is 39.7 Å². The van der Waals surface area contributed by atoms with Crippen LogP contribution >= 0.6 is 0 Å². The first-order valence-corrected chi connectivity index (χ1v) is 7.73. The van der Waals surface area contributed by atoms with E-state index < -0.39 is 0 Å². The van der Waals surface area contributed by atoms with Gasteiger partial charge in [-0.2, -0.15) is 10.2 Å². The summed E-state index contributed by atoms with van der Waals surface area (Å²) in [5.74, 6) is 1.16. The zero-order chi connectivity index (χ0) is 16.4. The lowest BCUT2D eigenvalue weighted by Crippen LogP contribution is -2.31. The summed E-state index contributed by atoms with van der Waals surface area (Å²) in [7, 11) is 6.10. The number of nitrogens with one attached hydrogen (secondary N) is 1. The largest absolute Gasteiger partial charge is 0.363 e. The van der Waals surface area contributed by atoms with Gasteiger partial charge >= 0.3 is 0 Å². The Morgan fingerprint density at radius 1 is 1.23 bits per heavy atom. The highest BCUT2D eigenvalue weighted by atomic mass is 15.4. The first-order valence-electron chi connectivity index (χ1n) is 7.73. The molecular weight excluding hydrogens is 276 g/mol. The van der Waals surface area contributed by atoms with Crippen LogP contribution in [0.4, 0.5) is 5.82 Å². The summed E-state index contributed by atoms with van der Waals surface area (Å²) in [6, 6.07) is 2.45. The van der Waals surface area contributed by atoms with Gasteiger partial charge in [-0.05, 0) is 33.8 Å². The van der Waals surface area contributed by atoms with Gasteiger partial charge in [0.05, 0.1) is 17.9 Å². The lowest BCUT2D eigenvalue weighted by atomic mass is 10.2. The highest BCUT2D eigenvalue weighted by Crippen LogP contribution is 2.21. The minimum atomic E-state index is 0.340. The van der Waals surface area contributed by atoms with Crippen molar-refractivity contribution in [1.29, 1.82) is 0 Å². The Balaban J connectivity index is 2.02. The van der Waals surface area contributed by atoms with Gasteiger partial charge in [0, 0.05) is 45.0 Å². The molecule has 0 bridgehead atoms. The molecule has 0 saturated heterocycles. The van der Waals surface area contributed by atoms with E-state index in [1.807, 2.05) is 18.7 Å². The van der Waals surface area contributed by atoms with Crippen molar-refractivity contribution >= 4 is 5.82 Å². The standard InChI is InChI=1S/C16H28N6/c1-11-8-13(3)22(18-11)10-12(2)17-9-15-14(4)19-21(7)16(15)20(5)6/h8,12,17H,9-10H2,1-7H3/t12-/m0/s1. The third-order valence-electron chi connectivity index (χ3n) is 3.91. The van der Waals surface area contributed by atoms with E-state index >= 15 is 0 Å². The normalized spacial score (nSPS) is 12.7. The third kappa shape index (κ3) is 3.50. The van der Waals surface area contributed by atoms with Crippen LogP contribution in [0.3, 0.4) is 0 Å². The van der Waals surface area contributed by atoms with Gasteiger partial charge in [-0.25, -0.2) is 0 Å². The first kappa shape index (κ1) is 16.5. The van der Waals surface area contributed by atoms with Gasteiger partial charge in [0.25, 0.3) is 0 Å². The molecule has 2 heterocycles. The lowest BCUT2D eigenvalue weighted by molar-refractivity contribution is 0.443. The number of aromatic nitrogens is 4. The number of hydrogen-bond acceptors (Lipinski definition) is 4. The summed E-state index contributed by atoms with van der Waals surface area (Å²) in [5.41, 5.74) is 4.62. The van der Waals surface area contributed by atoms with Gasteiger partial charge in [0.2, 0.25) is 0 Å². The molecule has 122 valence electrons. The maximum atomic E-state index is 4.53. The van der Waals surface area contributed by atoms with Crippen LogP contribution < -0.4 is 10.2 Å². The minimum Gasteiger partial charge on any atom is -0.363 e. The van der Waals surface area contributed by atoms with E-state index in [-0.39, 0.29) is 0 Å². The Morgan fingerprint density at radius 3 is 2.45 bits per heavy atom. The molecule has 0 fully saturated rings. The molecule has 2 aromatic heterocycles. The average molecular weight is 304 g/mol. The smallest absolute Gasteiger partial charge is 0.130 e. The topological polar surface area (TPSA) is 50.9 Å². The summed E-state index contributed by atoms with van der Waals surface area (Å²) in [6.07, 6.45) is 0. The molecule has 0 aliphatic rings. The summed E-state index contributed by atoms with van der Waals surface area (Å²) < 4.78 is 4.01. The fourth-order valence-electron chi connectivity index (χ4n) is 2.92. The van der Waals surface area contributed by atoms with E-state index in [1.165, 1.54) is 11.3 Å². The predicted molar refractivity (Wildman–Crippen MR) is 90.3 cm³/mol. The molecule has 2 aromatic rings. The van der Waals surface area contributed by atoms with Gasteiger partial charge in [-0.1, -0.05) is 0 Å². The number of aryl methyl sites for hydroxylation is 4. The second-order valence-electron chi connectivity index (χ2n) is 6.30. The van der Waals surface area contributed by atoms with E-state index in [0.29, 0.717) is 6.04 Å². The predicted octanol–water partition coefficient (Wildman–Crippen LogP) is 1.79. The van der Waals surface area contributed by atoms with Crippen molar-refractivity contribution in [3.63, 3.8) is 0 Å².